The number of rotatable bonds is 4. The van der Waals surface area contributed by atoms with E-state index in [2.05, 4.69) is 15.3 Å². The summed E-state index contributed by atoms with van der Waals surface area (Å²) in [5, 5.41) is 2.43. The first kappa shape index (κ1) is 11.4. The van der Waals surface area contributed by atoms with Gasteiger partial charge in [0.15, 0.2) is 6.61 Å². The molecule has 0 aliphatic heterocycles. The standard InChI is InChI=1S/C7H9F3N2OS/c1-5(6-11-2-3-14-6)12-13-4-7(8,9)10/h2-3,5,12H,4H2,1H3. The van der Waals surface area contributed by atoms with E-state index in [1.54, 1.807) is 18.5 Å². The SMILES string of the molecule is CC(NOCC(F)(F)F)c1nccs1. The zero-order valence-corrected chi connectivity index (χ0v) is 8.15. The molecule has 0 fully saturated rings. The Morgan fingerprint density at radius 3 is 2.86 bits per heavy atom. The van der Waals surface area contributed by atoms with Crippen molar-refractivity contribution >= 4 is 11.3 Å². The second kappa shape index (κ2) is 4.72. The summed E-state index contributed by atoms with van der Waals surface area (Å²) in [5.74, 6) is 0. The second-order valence-corrected chi connectivity index (χ2v) is 3.54. The maximum Gasteiger partial charge on any atom is 0.413 e. The van der Waals surface area contributed by atoms with Crippen molar-refractivity contribution in [1.29, 1.82) is 0 Å². The highest BCUT2D eigenvalue weighted by molar-refractivity contribution is 7.09. The van der Waals surface area contributed by atoms with Crippen LogP contribution in [0.5, 0.6) is 0 Å². The largest absolute Gasteiger partial charge is 0.413 e. The van der Waals surface area contributed by atoms with Crippen LogP contribution in [0.25, 0.3) is 0 Å². The van der Waals surface area contributed by atoms with Gasteiger partial charge in [-0.2, -0.15) is 18.7 Å². The maximum atomic E-state index is 11.7. The lowest BCUT2D eigenvalue weighted by molar-refractivity contribution is -0.192. The number of nitrogens with zero attached hydrogens (tertiary/aromatic N) is 1. The summed E-state index contributed by atoms with van der Waals surface area (Å²) in [6, 6.07) is -0.336. The molecule has 0 bridgehead atoms. The van der Waals surface area contributed by atoms with Crippen LogP contribution in [0.15, 0.2) is 11.6 Å². The summed E-state index contributed by atoms with van der Waals surface area (Å²) in [6.45, 7) is 0.373. The average Bonchev–Trinajstić information content (AvgIpc) is 2.53. The van der Waals surface area contributed by atoms with Crippen LogP contribution in [0.1, 0.15) is 18.0 Å². The summed E-state index contributed by atoms with van der Waals surface area (Å²) in [7, 11) is 0. The minimum Gasteiger partial charge on any atom is -0.292 e. The van der Waals surface area contributed by atoms with E-state index in [1.807, 2.05) is 0 Å². The Kier molecular flexibility index (Phi) is 3.85. The van der Waals surface area contributed by atoms with E-state index < -0.39 is 12.8 Å². The van der Waals surface area contributed by atoms with Gasteiger partial charge in [-0.3, -0.25) is 4.84 Å². The van der Waals surface area contributed by atoms with Gasteiger partial charge in [0, 0.05) is 11.6 Å². The van der Waals surface area contributed by atoms with Gasteiger partial charge in [0.05, 0.1) is 6.04 Å². The smallest absolute Gasteiger partial charge is 0.292 e. The van der Waals surface area contributed by atoms with Crippen LogP contribution in [-0.4, -0.2) is 17.8 Å². The molecule has 0 spiro atoms. The van der Waals surface area contributed by atoms with Crippen molar-refractivity contribution in [1.82, 2.24) is 10.5 Å². The topological polar surface area (TPSA) is 34.1 Å². The van der Waals surface area contributed by atoms with E-state index in [9.17, 15) is 13.2 Å². The van der Waals surface area contributed by atoms with E-state index in [0.29, 0.717) is 5.01 Å². The molecule has 0 radical (unpaired) electrons. The molecule has 7 heteroatoms. The first-order chi connectivity index (χ1) is 6.49. The van der Waals surface area contributed by atoms with Crippen LogP contribution in [-0.2, 0) is 4.84 Å². The van der Waals surface area contributed by atoms with Crippen molar-refractivity contribution in [2.45, 2.75) is 19.1 Å². The molecule has 0 saturated carbocycles. The zero-order chi connectivity index (χ0) is 10.6. The lowest BCUT2D eigenvalue weighted by Crippen LogP contribution is -2.26. The number of nitrogens with one attached hydrogen (secondary N) is 1. The van der Waals surface area contributed by atoms with E-state index in [0.717, 1.165) is 0 Å². The number of alkyl halides is 3. The zero-order valence-electron chi connectivity index (χ0n) is 7.34. The fourth-order valence-electron chi connectivity index (χ4n) is 0.747. The molecule has 3 nitrogen and oxygen atoms in total. The monoisotopic (exact) mass is 226 g/mol. The fourth-order valence-corrected chi connectivity index (χ4v) is 1.38. The molecular formula is C7H9F3N2OS. The van der Waals surface area contributed by atoms with Crippen LogP contribution in [0.3, 0.4) is 0 Å². The van der Waals surface area contributed by atoms with Crippen LogP contribution >= 0.6 is 11.3 Å². The summed E-state index contributed by atoms with van der Waals surface area (Å²) < 4.78 is 35.0. The Morgan fingerprint density at radius 2 is 2.36 bits per heavy atom. The van der Waals surface area contributed by atoms with Crippen molar-refractivity contribution in [3.05, 3.63) is 16.6 Å². The minimum absolute atomic E-state index is 0.336. The molecule has 80 valence electrons. The molecular weight excluding hydrogens is 217 g/mol. The number of halogens is 3. The summed E-state index contributed by atoms with van der Waals surface area (Å²) in [4.78, 5) is 8.20. The Bertz CT molecular complexity index is 262. The van der Waals surface area contributed by atoms with Gasteiger partial charge in [0.25, 0.3) is 0 Å². The number of aromatic nitrogens is 1. The number of hydrogen-bond donors (Lipinski definition) is 1. The molecule has 0 amide bonds. The lowest BCUT2D eigenvalue weighted by atomic mass is 10.4. The first-order valence-corrected chi connectivity index (χ1v) is 4.70. The van der Waals surface area contributed by atoms with Crippen LogP contribution < -0.4 is 5.48 Å². The molecule has 1 heterocycles. The van der Waals surface area contributed by atoms with Gasteiger partial charge in [-0.05, 0) is 6.92 Å². The molecule has 1 aromatic heterocycles. The van der Waals surface area contributed by atoms with Crippen LogP contribution in [0.2, 0.25) is 0 Å². The molecule has 0 aromatic carbocycles. The predicted octanol–water partition coefficient (Wildman–Crippen LogP) is 2.29. The van der Waals surface area contributed by atoms with Crippen molar-refractivity contribution in [3.8, 4) is 0 Å². The third-order valence-electron chi connectivity index (χ3n) is 1.32. The van der Waals surface area contributed by atoms with Gasteiger partial charge in [-0.25, -0.2) is 4.98 Å². The normalized spacial score (nSPS) is 14.3. The van der Waals surface area contributed by atoms with E-state index in [4.69, 9.17) is 0 Å². The van der Waals surface area contributed by atoms with Crippen molar-refractivity contribution in [2.24, 2.45) is 0 Å². The van der Waals surface area contributed by atoms with E-state index in [1.165, 1.54) is 11.3 Å². The Balaban J connectivity index is 2.26. The summed E-state index contributed by atoms with van der Waals surface area (Å²) >= 11 is 1.35. The van der Waals surface area contributed by atoms with Gasteiger partial charge in [0.1, 0.15) is 5.01 Å². The summed E-state index contributed by atoms with van der Waals surface area (Å²) in [5.41, 5.74) is 2.27. The maximum absolute atomic E-state index is 11.7. The molecule has 1 aromatic rings. The fraction of sp³-hybridized carbons (Fsp3) is 0.571. The average molecular weight is 226 g/mol. The van der Waals surface area contributed by atoms with Crippen LogP contribution in [0, 0.1) is 0 Å². The molecule has 0 aliphatic carbocycles. The molecule has 1 rings (SSSR count). The highest BCUT2D eigenvalue weighted by atomic mass is 32.1. The van der Waals surface area contributed by atoms with Crippen molar-refractivity contribution in [2.75, 3.05) is 6.61 Å². The Hall–Kier alpha value is -0.660. The van der Waals surface area contributed by atoms with Gasteiger partial charge in [-0.15, -0.1) is 11.3 Å². The van der Waals surface area contributed by atoms with Crippen molar-refractivity contribution in [3.63, 3.8) is 0 Å². The van der Waals surface area contributed by atoms with Gasteiger partial charge < -0.3 is 0 Å². The third kappa shape index (κ3) is 4.03. The van der Waals surface area contributed by atoms with Gasteiger partial charge in [-0.1, -0.05) is 0 Å². The molecule has 14 heavy (non-hydrogen) atoms. The molecule has 1 atom stereocenters. The highest BCUT2D eigenvalue weighted by Gasteiger charge is 2.28. The number of thiazole rings is 1. The first-order valence-electron chi connectivity index (χ1n) is 3.82. The number of hydroxylamine groups is 1. The molecule has 1 unspecified atom stereocenters. The lowest BCUT2D eigenvalue weighted by Gasteiger charge is -2.12. The number of hydrogen-bond acceptors (Lipinski definition) is 4. The Labute approximate surface area is 82.9 Å². The molecule has 1 N–H and O–H groups in total. The minimum atomic E-state index is -4.31. The molecule has 0 aliphatic rings. The molecule has 0 saturated heterocycles. The van der Waals surface area contributed by atoms with E-state index >= 15 is 0 Å². The summed E-state index contributed by atoms with van der Waals surface area (Å²) in [6.07, 6.45) is -2.72. The predicted molar refractivity (Wildman–Crippen MR) is 45.7 cm³/mol. The quantitative estimate of drug-likeness (QED) is 0.800. The van der Waals surface area contributed by atoms with Gasteiger partial charge in [0.2, 0.25) is 0 Å². The van der Waals surface area contributed by atoms with Gasteiger partial charge >= 0.3 is 6.18 Å². The van der Waals surface area contributed by atoms with Crippen molar-refractivity contribution < 1.29 is 18.0 Å². The Morgan fingerprint density at radius 1 is 1.64 bits per heavy atom. The third-order valence-corrected chi connectivity index (χ3v) is 2.28. The van der Waals surface area contributed by atoms with E-state index in [-0.39, 0.29) is 6.04 Å². The van der Waals surface area contributed by atoms with Crippen LogP contribution in [0.4, 0.5) is 13.2 Å². The highest BCUT2D eigenvalue weighted by Crippen LogP contribution is 2.17. The second-order valence-electron chi connectivity index (χ2n) is 2.61.